The van der Waals surface area contributed by atoms with Crippen LogP contribution in [0.5, 0.6) is 0 Å². The topological polar surface area (TPSA) is 69.7 Å². The number of carbonyl (C=O) groups is 3. The van der Waals surface area contributed by atoms with E-state index >= 15 is 0 Å². The van der Waals surface area contributed by atoms with Gasteiger partial charge in [-0.25, -0.2) is 4.90 Å². The molecule has 172 valence electrons. The van der Waals surface area contributed by atoms with Crippen LogP contribution in [0.1, 0.15) is 39.1 Å². The molecule has 34 heavy (non-hydrogen) atoms. The molecule has 2 aliphatic heterocycles. The molecule has 0 radical (unpaired) electrons. The molecule has 6 nitrogen and oxygen atoms in total. The lowest BCUT2D eigenvalue weighted by molar-refractivity contribution is -0.121. The van der Waals surface area contributed by atoms with Gasteiger partial charge < -0.3 is 5.32 Å². The average molecular weight is 474 g/mol. The van der Waals surface area contributed by atoms with Crippen LogP contribution in [0.25, 0.3) is 0 Å². The molecule has 1 N–H and O–H groups in total. The SMILES string of the molecule is O=C(Nc1ccc(N2C(=O)c3ccccc3C2=O)c(Cl)c1)C1CCCN(Cc2ccccc2)C1. The van der Waals surface area contributed by atoms with Gasteiger partial charge in [-0.3, -0.25) is 19.3 Å². The summed E-state index contributed by atoms with van der Waals surface area (Å²) in [6, 6.07) is 21.8. The van der Waals surface area contributed by atoms with E-state index in [1.807, 2.05) is 18.2 Å². The molecule has 5 rings (SSSR count). The summed E-state index contributed by atoms with van der Waals surface area (Å²) in [6.45, 7) is 2.49. The van der Waals surface area contributed by atoms with Crippen molar-refractivity contribution in [2.24, 2.45) is 5.92 Å². The summed E-state index contributed by atoms with van der Waals surface area (Å²) >= 11 is 6.46. The van der Waals surface area contributed by atoms with Gasteiger partial charge in [0.2, 0.25) is 5.91 Å². The molecule has 2 heterocycles. The zero-order chi connectivity index (χ0) is 23.7. The third-order valence-corrected chi connectivity index (χ3v) is 6.68. The average Bonchev–Trinajstić information content (AvgIpc) is 3.10. The Morgan fingerprint density at radius 2 is 1.62 bits per heavy atom. The lowest BCUT2D eigenvalue weighted by Gasteiger charge is -2.32. The van der Waals surface area contributed by atoms with E-state index in [2.05, 4.69) is 22.3 Å². The van der Waals surface area contributed by atoms with E-state index in [4.69, 9.17) is 11.6 Å². The minimum atomic E-state index is -0.403. The number of carbonyl (C=O) groups excluding carboxylic acids is 3. The molecule has 1 atom stereocenters. The van der Waals surface area contributed by atoms with E-state index in [1.54, 1.807) is 42.5 Å². The van der Waals surface area contributed by atoms with Crippen LogP contribution in [0.4, 0.5) is 11.4 Å². The zero-order valence-electron chi connectivity index (χ0n) is 18.5. The second-order valence-corrected chi connectivity index (χ2v) is 9.11. The number of halogens is 1. The number of piperidine rings is 1. The molecule has 2 aliphatic rings. The van der Waals surface area contributed by atoms with Crippen molar-refractivity contribution in [1.29, 1.82) is 0 Å². The van der Waals surface area contributed by atoms with Gasteiger partial charge in [0.05, 0.1) is 27.8 Å². The fraction of sp³-hybridized carbons (Fsp3) is 0.222. The van der Waals surface area contributed by atoms with Crippen LogP contribution in [0.2, 0.25) is 5.02 Å². The van der Waals surface area contributed by atoms with Crippen LogP contribution in [0.3, 0.4) is 0 Å². The van der Waals surface area contributed by atoms with E-state index in [9.17, 15) is 14.4 Å². The van der Waals surface area contributed by atoms with Gasteiger partial charge >= 0.3 is 0 Å². The van der Waals surface area contributed by atoms with Gasteiger partial charge in [-0.15, -0.1) is 0 Å². The maximum atomic E-state index is 13.0. The third-order valence-electron chi connectivity index (χ3n) is 6.38. The Morgan fingerprint density at radius 3 is 2.29 bits per heavy atom. The summed E-state index contributed by atoms with van der Waals surface area (Å²) in [5.41, 5.74) is 2.80. The van der Waals surface area contributed by atoms with Crippen molar-refractivity contribution in [3.63, 3.8) is 0 Å². The number of anilines is 2. The maximum absolute atomic E-state index is 13.0. The van der Waals surface area contributed by atoms with Crippen molar-refractivity contribution < 1.29 is 14.4 Å². The smallest absolute Gasteiger partial charge is 0.266 e. The molecular weight excluding hydrogens is 450 g/mol. The van der Waals surface area contributed by atoms with Crippen LogP contribution < -0.4 is 10.2 Å². The quantitative estimate of drug-likeness (QED) is 0.530. The predicted molar refractivity (Wildman–Crippen MR) is 132 cm³/mol. The Balaban J connectivity index is 1.26. The van der Waals surface area contributed by atoms with Crippen molar-refractivity contribution >= 4 is 40.7 Å². The van der Waals surface area contributed by atoms with Crippen LogP contribution in [-0.4, -0.2) is 35.7 Å². The first-order valence-corrected chi connectivity index (χ1v) is 11.7. The summed E-state index contributed by atoms with van der Waals surface area (Å²) in [5, 5.41) is 3.18. The standard InChI is InChI=1S/C27H24ClN3O3/c28-23-15-20(12-13-24(23)31-26(33)21-10-4-5-11-22(21)27(31)34)29-25(32)19-9-6-14-30(17-19)16-18-7-2-1-3-8-18/h1-5,7-8,10-13,15,19H,6,9,14,16-17H2,(H,29,32). The largest absolute Gasteiger partial charge is 0.326 e. The van der Waals surface area contributed by atoms with E-state index < -0.39 is 11.8 Å². The van der Waals surface area contributed by atoms with Crippen molar-refractivity contribution in [3.8, 4) is 0 Å². The number of nitrogens with zero attached hydrogens (tertiary/aromatic N) is 2. The van der Waals surface area contributed by atoms with Gasteiger partial charge in [0.1, 0.15) is 0 Å². The molecule has 3 aromatic rings. The van der Waals surface area contributed by atoms with Crippen molar-refractivity contribution in [2.45, 2.75) is 19.4 Å². The van der Waals surface area contributed by atoms with Gasteiger partial charge in [-0.1, -0.05) is 54.1 Å². The highest BCUT2D eigenvalue weighted by Gasteiger charge is 2.37. The van der Waals surface area contributed by atoms with E-state index in [1.165, 1.54) is 5.56 Å². The van der Waals surface area contributed by atoms with Crippen LogP contribution in [-0.2, 0) is 11.3 Å². The number of amides is 3. The Labute approximate surface area is 203 Å². The summed E-state index contributed by atoms with van der Waals surface area (Å²) in [5.74, 6) is -0.977. The Kier molecular flexibility index (Phi) is 6.18. The molecule has 0 spiro atoms. The second kappa shape index (κ2) is 9.41. The third kappa shape index (κ3) is 4.34. The molecule has 0 bridgehead atoms. The first-order chi connectivity index (χ1) is 16.5. The Bertz CT molecular complexity index is 1230. The number of rotatable bonds is 5. The molecular formula is C27H24ClN3O3. The highest BCUT2D eigenvalue weighted by atomic mass is 35.5. The van der Waals surface area contributed by atoms with Crippen molar-refractivity contribution in [1.82, 2.24) is 4.90 Å². The van der Waals surface area contributed by atoms with Gasteiger partial charge in [0.15, 0.2) is 0 Å². The molecule has 3 amide bonds. The molecule has 1 saturated heterocycles. The van der Waals surface area contributed by atoms with Gasteiger partial charge in [-0.2, -0.15) is 0 Å². The van der Waals surface area contributed by atoms with Crippen LogP contribution in [0.15, 0.2) is 72.8 Å². The molecule has 3 aromatic carbocycles. The van der Waals surface area contributed by atoms with Crippen LogP contribution in [0, 0.1) is 5.92 Å². The van der Waals surface area contributed by atoms with E-state index in [-0.39, 0.29) is 16.8 Å². The van der Waals surface area contributed by atoms with E-state index in [0.717, 1.165) is 30.8 Å². The van der Waals surface area contributed by atoms with Crippen molar-refractivity contribution in [3.05, 3.63) is 94.5 Å². The summed E-state index contributed by atoms with van der Waals surface area (Å²) < 4.78 is 0. The van der Waals surface area contributed by atoms with Gasteiger partial charge in [0.25, 0.3) is 11.8 Å². The fourth-order valence-electron chi connectivity index (χ4n) is 4.67. The van der Waals surface area contributed by atoms with Crippen LogP contribution >= 0.6 is 11.6 Å². The zero-order valence-corrected chi connectivity index (χ0v) is 19.3. The van der Waals surface area contributed by atoms with Gasteiger partial charge in [0, 0.05) is 18.8 Å². The molecule has 7 heteroatoms. The maximum Gasteiger partial charge on any atom is 0.266 e. The molecule has 1 unspecified atom stereocenters. The molecule has 0 aliphatic carbocycles. The highest BCUT2D eigenvalue weighted by molar-refractivity contribution is 6.40. The van der Waals surface area contributed by atoms with Crippen molar-refractivity contribution in [2.75, 3.05) is 23.3 Å². The number of hydrogen-bond acceptors (Lipinski definition) is 4. The highest BCUT2D eigenvalue weighted by Crippen LogP contribution is 2.35. The lowest BCUT2D eigenvalue weighted by Crippen LogP contribution is -2.40. The predicted octanol–water partition coefficient (Wildman–Crippen LogP) is 4.99. The lowest BCUT2D eigenvalue weighted by atomic mass is 9.96. The number of hydrogen-bond donors (Lipinski definition) is 1. The number of nitrogens with one attached hydrogen (secondary N) is 1. The van der Waals surface area contributed by atoms with Gasteiger partial charge in [-0.05, 0) is 55.3 Å². The number of imide groups is 1. The van der Waals surface area contributed by atoms with E-state index in [0.29, 0.717) is 29.0 Å². The minimum Gasteiger partial charge on any atom is -0.326 e. The summed E-state index contributed by atoms with van der Waals surface area (Å²) in [4.78, 5) is 41.9. The Hall–Kier alpha value is -3.48. The minimum absolute atomic E-state index is 0.0534. The number of likely N-dealkylation sites (tertiary alicyclic amines) is 1. The normalized spacial score (nSPS) is 18.1. The fourth-order valence-corrected chi connectivity index (χ4v) is 4.94. The first kappa shape index (κ1) is 22.3. The first-order valence-electron chi connectivity index (χ1n) is 11.4. The Morgan fingerprint density at radius 1 is 0.941 bits per heavy atom. The second-order valence-electron chi connectivity index (χ2n) is 8.71. The molecule has 0 saturated carbocycles. The monoisotopic (exact) mass is 473 g/mol. The molecule has 1 fully saturated rings. The summed E-state index contributed by atoms with van der Waals surface area (Å²) in [6.07, 6.45) is 1.79. The summed E-state index contributed by atoms with van der Waals surface area (Å²) in [7, 11) is 0. The number of fused-ring (bicyclic) bond motifs is 1. The molecule has 0 aromatic heterocycles. The number of benzene rings is 3.